The molecule has 0 heterocycles. The number of esters is 1. The van der Waals surface area contributed by atoms with Crippen LogP contribution in [-0.2, 0) is 9.53 Å². The molecular formula is C11H16O2. The number of hydrogen-bond acceptors (Lipinski definition) is 2. The lowest BCUT2D eigenvalue weighted by Gasteiger charge is -1.98. The Hall–Kier alpha value is -1.31. The highest BCUT2D eigenvalue weighted by Gasteiger charge is 1.99. The average molecular weight is 180 g/mol. The second kappa shape index (κ2) is 6.23. The quantitative estimate of drug-likeness (QED) is 0.377. The van der Waals surface area contributed by atoms with E-state index in [1.54, 1.807) is 13.0 Å². The third kappa shape index (κ3) is 7.06. The normalized spacial score (nSPS) is 9.77. The van der Waals surface area contributed by atoms with Gasteiger partial charge in [-0.1, -0.05) is 24.3 Å². The van der Waals surface area contributed by atoms with Gasteiger partial charge in [0.25, 0.3) is 0 Å². The maximum atomic E-state index is 10.9. The zero-order valence-electron chi connectivity index (χ0n) is 8.46. The number of carbonyl (C=O) groups is 1. The van der Waals surface area contributed by atoms with Crippen molar-refractivity contribution in [2.45, 2.75) is 20.8 Å². The second-order valence-corrected chi connectivity index (χ2v) is 3.05. The van der Waals surface area contributed by atoms with Crippen LogP contribution < -0.4 is 0 Å². The Morgan fingerprint density at radius 1 is 1.38 bits per heavy atom. The first-order valence-electron chi connectivity index (χ1n) is 4.16. The lowest BCUT2D eigenvalue weighted by atomic mass is 10.3. The Kier molecular flexibility index (Phi) is 5.60. The predicted octanol–water partition coefficient (Wildman–Crippen LogP) is 2.63. The van der Waals surface area contributed by atoms with Gasteiger partial charge in [0.2, 0.25) is 0 Å². The maximum absolute atomic E-state index is 10.9. The Morgan fingerprint density at radius 3 is 2.46 bits per heavy atom. The van der Waals surface area contributed by atoms with Gasteiger partial charge in [-0.15, -0.1) is 0 Å². The maximum Gasteiger partial charge on any atom is 0.333 e. The highest BCUT2D eigenvalue weighted by Crippen LogP contribution is 1.93. The Bertz CT molecular complexity index is 243. The van der Waals surface area contributed by atoms with E-state index in [0.29, 0.717) is 12.2 Å². The van der Waals surface area contributed by atoms with Gasteiger partial charge in [0.15, 0.2) is 0 Å². The molecule has 0 aromatic heterocycles. The van der Waals surface area contributed by atoms with Crippen molar-refractivity contribution in [3.05, 3.63) is 36.0 Å². The summed E-state index contributed by atoms with van der Waals surface area (Å²) < 4.78 is 4.83. The fourth-order valence-corrected chi connectivity index (χ4v) is 0.563. The van der Waals surface area contributed by atoms with E-state index in [1.807, 2.05) is 26.0 Å². The summed E-state index contributed by atoms with van der Waals surface area (Å²) in [6.07, 6.45) is 5.60. The highest BCUT2D eigenvalue weighted by molar-refractivity contribution is 5.86. The minimum absolute atomic E-state index is 0.301. The summed E-state index contributed by atoms with van der Waals surface area (Å²) in [5.41, 5.74) is 1.64. The first-order valence-corrected chi connectivity index (χ1v) is 4.16. The van der Waals surface area contributed by atoms with E-state index in [2.05, 4.69) is 6.58 Å². The van der Waals surface area contributed by atoms with E-state index in [0.717, 1.165) is 0 Å². The number of ether oxygens (including phenoxy) is 1. The molecule has 0 radical (unpaired) electrons. The minimum Gasteiger partial charge on any atom is -0.458 e. The van der Waals surface area contributed by atoms with E-state index in [1.165, 1.54) is 5.57 Å². The summed E-state index contributed by atoms with van der Waals surface area (Å²) in [5, 5.41) is 0. The smallest absolute Gasteiger partial charge is 0.333 e. The zero-order chi connectivity index (χ0) is 10.3. The third-order valence-corrected chi connectivity index (χ3v) is 1.22. The van der Waals surface area contributed by atoms with Crippen LogP contribution in [0, 0.1) is 0 Å². The van der Waals surface area contributed by atoms with Gasteiger partial charge in [-0.2, -0.15) is 0 Å². The molecule has 13 heavy (non-hydrogen) atoms. The molecule has 0 amide bonds. The highest BCUT2D eigenvalue weighted by atomic mass is 16.5. The van der Waals surface area contributed by atoms with Crippen LogP contribution in [0.3, 0.4) is 0 Å². The van der Waals surface area contributed by atoms with Crippen LogP contribution in [0.5, 0.6) is 0 Å². The molecule has 0 spiro atoms. The van der Waals surface area contributed by atoms with Gasteiger partial charge in [0.1, 0.15) is 6.61 Å². The van der Waals surface area contributed by atoms with Gasteiger partial charge in [0.05, 0.1) is 0 Å². The minimum atomic E-state index is -0.346. The molecule has 0 fully saturated rings. The van der Waals surface area contributed by atoms with E-state index >= 15 is 0 Å². The molecule has 0 N–H and O–H groups in total. The summed E-state index contributed by atoms with van der Waals surface area (Å²) in [5.74, 6) is -0.346. The number of rotatable bonds is 4. The lowest BCUT2D eigenvalue weighted by Crippen LogP contribution is -2.04. The average Bonchev–Trinajstić information content (AvgIpc) is 2.02. The predicted molar refractivity (Wildman–Crippen MR) is 54.3 cm³/mol. The van der Waals surface area contributed by atoms with Gasteiger partial charge in [-0.05, 0) is 26.8 Å². The number of carbonyl (C=O) groups excluding carboxylic acids is 1. The van der Waals surface area contributed by atoms with E-state index in [-0.39, 0.29) is 5.97 Å². The SMILES string of the molecule is C=C(C)C(=O)OCC=CC=C(C)C. The molecule has 0 aliphatic rings. The molecule has 0 saturated heterocycles. The lowest BCUT2D eigenvalue weighted by molar-refractivity contribution is -0.137. The van der Waals surface area contributed by atoms with Crippen molar-refractivity contribution in [1.82, 2.24) is 0 Å². The first-order chi connectivity index (χ1) is 6.04. The van der Waals surface area contributed by atoms with Crippen molar-refractivity contribution in [2.75, 3.05) is 6.61 Å². The third-order valence-electron chi connectivity index (χ3n) is 1.22. The van der Waals surface area contributed by atoms with Crippen LogP contribution in [0.1, 0.15) is 20.8 Å². The standard InChI is InChI=1S/C11H16O2/c1-9(2)7-5-6-8-13-11(12)10(3)4/h5-7H,3,8H2,1-2,4H3. The number of hydrogen-bond donors (Lipinski definition) is 0. The zero-order valence-corrected chi connectivity index (χ0v) is 8.46. The van der Waals surface area contributed by atoms with E-state index < -0.39 is 0 Å². The van der Waals surface area contributed by atoms with Gasteiger partial charge >= 0.3 is 5.97 Å². The molecule has 0 unspecified atom stereocenters. The van der Waals surface area contributed by atoms with Crippen molar-refractivity contribution in [3.8, 4) is 0 Å². The summed E-state index contributed by atoms with van der Waals surface area (Å²) in [6.45, 7) is 9.41. The van der Waals surface area contributed by atoms with E-state index in [4.69, 9.17) is 4.74 Å². The Balaban J connectivity index is 3.68. The van der Waals surface area contributed by atoms with Crippen LogP contribution in [0.25, 0.3) is 0 Å². The van der Waals surface area contributed by atoms with Crippen LogP contribution in [0.2, 0.25) is 0 Å². The molecule has 72 valence electrons. The van der Waals surface area contributed by atoms with Crippen LogP contribution in [0.15, 0.2) is 36.0 Å². The van der Waals surface area contributed by atoms with Crippen molar-refractivity contribution < 1.29 is 9.53 Å². The molecule has 0 rings (SSSR count). The van der Waals surface area contributed by atoms with Crippen molar-refractivity contribution >= 4 is 5.97 Å². The Labute approximate surface area is 79.6 Å². The number of allylic oxidation sites excluding steroid dienone is 3. The molecule has 0 aromatic rings. The molecule has 0 atom stereocenters. The largest absolute Gasteiger partial charge is 0.458 e. The summed E-state index contributed by atoms with van der Waals surface area (Å²) >= 11 is 0. The summed E-state index contributed by atoms with van der Waals surface area (Å²) in [6, 6.07) is 0. The molecule has 0 aliphatic heterocycles. The van der Waals surface area contributed by atoms with Crippen molar-refractivity contribution in [3.63, 3.8) is 0 Å². The topological polar surface area (TPSA) is 26.3 Å². The van der Waals surface area contributed by atoms with Crippen LogP contribution in [-0.4, -0.2) is 12.6 Å². The summed E-state index contributed by atoms with van der Waals surface area (Å²) in [7, 11) is 0. The summed E-state index contributed by atoms with van der Waals surface area (Å²) in [4.78, 5) is 10.9. The molecule has 2 heteroatoms. The van der Waals surface area contributed by atoms with Crippen molar-refractivity contribution in [1.29, 1.82) is 0 Å². The van der Waals surface area contributed by atoms with E-state index in [9.17, 15) is 4.79 Å². The molecule has 0 aliphatic carbocycles. The van der Waals surface area contributed by atoms with Gasteiger partial charge in [0, 0.05) is 5.57 Å². The van der Waals surface area contributed by atoms with Gasteiger partial charge in [-0.25, -0.2) is 4.79 Å². The van der Waals surface area contributed by atoms with Gasteiger partial charge < -0.3 is 4.74 Å². The molecular weight excluding hydrogens is 164 g/mol. The molecule has 2 nitrogen and oxygen atoms in total. The van der Waals surface area contributed by atoms with Crippen LogP contribution >= 0.6 is 0 Å². The van der Waals surface area contributed by atoms with Gasteiger partial charge in [-0.3, -0.25) is 0 Å². The van der Waals surface area contributed by atoms with Crippen molar-refractivity contribution in [2.24, 2.45) is 0 Å². The molecule has 0 bridgehead atoms. The molecule has 0 aromatic carbocycles. The van der Waals surface area contributed by atoms with Crippen LogP contribution in [0.4, 0.5) is 0 Å². The molecule has 0 saturated carbocycles. The first kappa shape index (κ1) is 11.7. The fraction of sp³-hybridized carbons (Fsp3) is 0.364. The monoisotopic (exact) mass is 180 g/mol. The Morgan fingerprint density at radius 2 is 2.00 bits per heavy atom. The second-order valence-electron chi connectivity index (χ2n) is 3.05. The fourth-order valence-electron chi connectivity index (χ4n) is 0.563.